The number of fused-ring (bicyclic) bond motifs is 1. The largest absolute Gasteiger partial charge is 0.295 e. The molecule has 0 amide bonds. The highest BCUT2D eigenvalue weighted by Gasteiger charge is 2.12. The SMILES string of the molecule is O=S(=O)(O)c1[c]ccc2c[c]ccc12. The molecule has 0 heterocycles. The highest BCUT2D eigenvalue weighted by Crippen LogP contribution is 2.21. The minimum Gasteiger partial charge on any atom is -0.282 e. The molecule has 0 saturated carbocycles. The summed E-state index contributed by atoms with van der Waals surface area (Å²) in [5, 5.41) is 1.16. The van der Waals surface area contributed by atoms with E-state index in [1.54, 1.807) is 24.3 Å². The Morgan fingerprint density at radius 3 is 2.71 bits per heavy atom. The Hall–Kier alpha value is -1.39. The third-order valence-corrected chi connectivity index (χ3v) is 2.73. The summed E-state index contributed by atoms with van der Waals surface area (Å²) >= 11 is 0. The molecule has 0 aromatic heterocycles. The van der Waals surface area contributed by atoms with Crippen molar-refractivity contribution in [1.82, 2.24) is 0 Å². The molecule has 0 atom stereocenters. The lowest BCUT2D eigenvalue weighted by Gasteiger charge is -2.01. The quantitative estimate of drug-likeness (QED) is 0.722. The molecular weight excluding hydrogens is 200 g/mol. The fraction of sp³-hybridized carbons (Fsp3) is 0. The van der Waals surface area contributed by atoms with Gasteiger partial charge < -0.3 is 0 Å². The first-order chi connectivity index (χ1) is 6.59. The Bertz CT molecular complexity index is 567. The van der Waals surface area contributed by atoms with Gasteiger partial charge in [0.2, 0.25) is 0 Å². The van der Waals surface area contributed by atoms with Gasteiger partial charge in [-0.1, -0.05) is 24.3 Å². The molecule has 2 rings (SSSR count). The van der Waals surface area contributed by atoms with E-state index >= 15 is 0 Å². The van der Waals surface area contributed by atoms with Gasteiger partial charge >= 0.3 is 0 Å². The molecule has 1 N–H and O–H groups in total. The van der Waals surface area contributed by atoms with Gasteiger partial charge in [0.15, 0.2) is 0 Å². The van der Waals surface area contributed by atoms with Gasteiger partial charge in [0.05, 0.1) is 0 Å². The standard InChI is InChI=1S/C10H6O3S/c11-14(12,13)10-7-3-5-8-4-1-2-6-9(8)10/h2-6H,(H,11,12,13). The molecule has 0 aliphatic heterocycles. The van der Waals surface area contributed by atoms with E-state index in [1.165, 1.54) is 6.07 Å². The van der Waals surface area contributed by atoms with Gasteiger partial charge in [-0.05, 0) is 17.5 Å². The molecule has 2 radical (unpaired) electrons. The minimum atomic E-state index is -4.20. The second kappa shape index (κ2) is 3.08. The zero-order valence-corrected chi connectivity index (χ0v) is 7.88. The highest BCUT2D eigenvalue weighted by atomic mass is 32.2. The number of hydrogen-bond acceptors (Lipinski definition) is 2. The molecule has 0 bridgehead atoms. The van der Waals surface area contributed by atoms with Crippen LogP contribution in [0.4, 0.5) is 0 Å². The Balaban J connectivity index is 2.92. The van der Waals surface area contributed by atoms with E-state index in [1.807, 2.05) is 0 Å². The van der Waals surface area contributed by atoms with Gasteiger partial charge in [-0.15, -0.1) is 0 Å². The molecule has 4 heteroatoms. The second-order valence-corrected chi connectivity index (χ2v) is 4.15. The van der Waals surface area contributed by atoms with Crippen LogP contribution < -0.4 is 0 Å². The molecule has 0 saturated heterocycles. The first-order valence-electron chi connectivity index (χ1n) is 3.87. The monoisotopic (exact) mass is 206 g/mol. The van der Waals surface area contributed by atoms with Crippen molar-refractivity contribution in [2.75, 3.05) is 0 Å². The van der Waals surface area contributed by atoms with Crippen molar-refractivity contribution in [3.63, 3.8) is 0 Å². The van der Waals surface area contributed by atoms with Crippen molar-refractivity contribution in [3.8, 4) is 0 Å². The topological polar surface area (TPSA) is 54.4 Å². The summed E-state index contributed by atoms with van der Waals surface area (Å²) in [6, 6.07) is 13.3. The van der Waals surface area contributed by atoms with E-state index in [-0.39, 0.29) is 4.90 Å². The first-order valence-corrected chi connectivity index (χ1v) is 5.31. The van der Waals surface area contributed by atoms with Gasteiger partial charge in [-0.3, -0.25) is 4.55 Å². The fourth-order valence-electron chi connectivity index (χ4n) is 1.29. The van der Waals surface area contributed by atoms with E-state index in [0.717, 1.165) is 0 Å². The van der Waals surface area contributed by atoms with Crippen molar-refractivity contribution in [2.24, 2.45) is 0 Å². The molecule has 0 unspecified atom stereocenters. The van der Waals surface area contributed by atoms with Crippen molar-refractivity contribution >= 4 is 20.9 Å². The molecule has 0 aliphatic carbocycles. The van der Waals surface area contributed by atoms with Crippen molar-refractivity contribution < 1.29 is 13.0 Å². The lowest BCUT2D eigenvalue weighted by Crippen LogP contribution is -1.98. The fourth-order valence-corrected chi connectivity index (χ4v) is 1.97. The van der Waals surface area contributed by atoms with Crippen LogP contribution in [0.25, 0.3) is 10.8 Å². The summed E-state index contributed by atoms with van der Waals surface area (Å²) in [4.78, 5) is -0.191. The minimum absolute atomic E-state index is 0.191. The van der Waals surface area contributed by atoms with E-state index in [4.69, 9.17) is 4.55 Å². The van der Waals surface area contributed by atoms with E-state index < -0.39 is 10.1 Å². The lowest BCUT2D eigenvalue weighted by atomic mass is 10.1. The molecule has 2 aromatic rings. The first kappa shape index (κ1) is 9.18. The molecule has 3 nitrogen and oxygen atoms in total. The summed E-state index contributed by atoms with van der Waals surface area (Å²) < 4.78 is 30.8. The van der Waals surface area contributed by atoms with E-state index in [2.05, 4.69) is 12.1 Å². The summed E-state index contributed by atoms with van der Waals surface area (Å²) in [5.41, 5.74) is 0. The Morgan fingerprint density at radius 1 is 1.21 bits per heavy atom. The maximum atomic E-state index is 11.0. The van der Waals surface area contributed by atoms with E-state index in [0.29, 0.717) is 10.8 Å². The second-order valence-electron chi connectivity index (χ2n) is 2.80. The van der Waals surface area contributed by atoms with Crippen LogP contribution >= 0.6 is 0 Å². The maximum absolute atomic E-state index is 11.0. The van der Waals surface area contributed by atoms with Gasteiger partial charge in [0.25, 0.3) is 10.1 Å². The predicted molar refractivity (Wildman–Crippen MR) is 51.4 cm³/mol. The molecule has 70 valence electrons. The van der Waals surface area contributed by atoms with Gasteiger partial charge in [-0.2, -0.15) is 8.42 Å². The average molecular weight is 206 g/mol. The third-order valence-electron chi connectivity index (χ3n) is 1.88. The highest BCUT2D eigenvalue weighted by molar-refractivity contribution is 7.86. The number of hydrogen-bond donors (Lipinski definition) is 1. The van der Waals surface area contributed by atoms with Gasteiger partial charge in [0, 0.05) is 11.5 Å². The van der Waals surface area contributed by atoms with E-state index in [9.17, 15) is 8.42 Å². The van der Waals surface area contributed by atoms with Crippen molar-refractivity contribution in [1.29, 1.82) is 0 Å². The Labute approximate surface area is 81.7 Å². The van der Waals surface area contributed by atoms with Crippen LogP contribution in [0.5, 0.6) is 0 Å². The van der Waals surface area contributed by atoms with Crippen LogP contribution in [0.1, 0.15) is 0 Å². The van der Waals surface area contributed by atoms with Crippen LogP contribution in [0, 0.1) is 12.1 Å². The Morgan fingerprint density at radius 2 is 2.00 bits per heavy atom. The van der Waals surface area contributed by atoms with Gasteiger partial charge in [-0.25, -0.2) is 0 Å². The van der Waals surface area contributed by atoms with Crippen molar-refractivity contribution in [2.45, 2.75) is 4.90 Å². The number of rotatable bonds is 1. The van der Waals surface area contributed by atoms with Crippen LogP contribution in [0.2, 0.25) is 0 Å². The molecule has 14 heavy (non-hydrogen) atoms. The molecule has 0 fully saturated rings. The maximum Gasteiger partial charge on any atom is 0.295 e. The smallest absolute Gasteiger partial charge is 0.282 e. The predicted octanol–water partition coefficient (Wildman–Crippen LogP) is 1.69. The van der Waals surface area contributed by atoms with Crippen molar-refractivity contribution in [3.05, 3.63) is 42.5 Å². The lowest BCUT2D eigenvalue weighted by molar-refractivity contribution is 0.484. The molecular formula is C10H6O3S. The zero-order chi connectivity index (χ0) is 10.2. The van der Waals surface area contributed by atoms with Crippen LogP contribution in [0.3, 0.4) is 0 Å². The molecule has 0 aliphatic rings. The summed E-state index contributed by atoms with van der Waals surface area (Å²) in [7, 11) is -4.20. The normalized spacial score (nSPS) is 11.8. The average Bonchev–Trinajstić information content (AvgIpc) is 2.15. The van der Waals surface area contributed by atoms with Gasteiger partial charge in [0.1, 0.15) is 4.90 Å². The molecule has 0 spiro atoms. The van der Waals surface area contributed by atoms with Crippen LogP contribution in [-0.4, -0.2) is 13.0 Å². The summed E-state index contributed by atoms with van der Waals surface area (Å²) in [6.07, 6.45) is 0. The number of benzene rings is 2. The third kappa shape index (κ3) is 1.49. The molecule has 2 aromatic carbocycles. The van der Waals surface area contributed by atoms with Crippen LogP contribution in [0.15, 0.2) is 35.2 Å². The van der Waals surface area contributed by atoms with Crippen LogP contribution in [-0.2, 0) is 10.1 Å². The summed E-state index contributed by atoms with van der Waals surface area (Å²) in [6.45, 7) is 0. The Kier molecular flexibility index (Phi) is 2.02. The zero-order valence-electron chi connectivity index (χ0n) is 7.06. The summed E-state index contributed by atoms with van der Waals surface area (Å²) in [5.74, 6) is 0.